The second-order valence-electron chi connectivity index (χ2n) is 15.3. The monoisotopic (exact) mass is 722 g/mol. The first kappa shape index (κ1) is 32.0. The Labute approximate surface area is 324 Å². The maximum absolute atomic E-state index is 4.16. The van der Waals surface area contributed by atoms with Crippen LogP contribution in [0.1, 0.15) is 42.3 Å². The first-order chi connectivity index (χ1) is 27.0. The van der Waals surface area contributed by atoms with Crippen molar-refractivity contribution in [1.82, 2.24) is 9.13 Å². The summed E-state index contributed by atoms with van der Waals surface area (Å²) in [5, 5.41) is 6.44. The van der Waals surface area contributed by atoms with E-state index in [1.807, 2.05) is 17.4 Å². The molecule has 0 radical (unpaired) electrons. The third-order valence-electron chi connectivity index (χ3n) is 12.0. The van der Waals surface area contributed by atoms with Gasteiger partial charge in [-0.25, -0.2) is 0 Å². The Hall–Kier alpha value is -6.42. The van der Waals surface area contributed by atoms with Crippen LogP contribution >= 0.6 is 11.3 Å². The van der Waals surface area contributed by atoms with Crippen molar-refractivity contribution in [1.29, 1.82) is 0 Å². The molecule has 0 aliphatic heterocycles. The fourth-order valence-electron chi connectivity index (χ4n) is 9.67. The molecule has 3 heterocycles. The molecule has 2 nitrogen and oxygen atoms in total. The van der Waals surface area contributed by atoms with E-state index < -0.39 is 0 Å². The number of para-hydroxylation sites is 3. The number of hydrogen-bond acceptors (Lipinski definition) is 1. The molecule has 262 valence electrons. The van der Waals surface area contributed by atoms with Crippen LogP contribution in [-0.2, 0) is 5.41 Å². The predicted molar refractivity (Wildman–Crippen MR) is 238 cm³/mol. The van der Waals surface area contributed by atoms with Gasteiger partial charge in [0.05, 0.1) is 22.1 Å². The van der Waals surface area contributed by atoms with Crippen molar-refractivity contribution in [3.8, 4) is 33.6 Å². The van der Waals surface area contributed by atoms with Crippen molar-refractivity contribution < 1.29 is 0 Å². The lowest BCUT2D eigenvalue weighted by molar-refractivity contribution is 0.667. The summed E-state index contributed by atoms with van der Waals surface area (Å²) in [4.78, 5) is 1.25. The SMILES string of the molecule is C=Cc1c(/C=C\C)sc2ccc(-c3ccc(-n4c5ccccc5c5c6c(c7c(c8ccccc8n7-c7ccccc7)c54)-c4ccccc4C6(C)C)cc3)cc12. The van der Waals surface area contributed by atoms with Crippen LogP contribution in [0.3, 0.4) is 0 Å². The largest absolute Gasteiger partial charge is 0.309 e. The minimum atomic E-state index is -0.216. The number of thiophene rings is 1. The molecule has 0 unspecified atom stereocenters. The Morgan fingerprint density at radius 2 is 1.22 bits per heavy atom. The molecule has 3 aromatic heterocycles. The van der Waals surface area contributed by atoms with Gasteiger partial charge in [0.25, 0.3) is 0 Å². The van der Waals surface area contributed by atoms with Crippen LogP contribution in [0.15, 0.2) is 158 Å². The molecule has 0 N–H and O–H groups in total. The molecule has 0 saturated heterocycles. The van der Waals surface area contributed by atoms with Gasteiger partial charge in [-0.2, -0.15) is 0 Å². The zero-order valence-corrected chi connectivity index (χ0v) is 31.9. The van der Waals surface area contributed by atoms with Gasteiger partial charge in [-0.05, 0) is 94.9 Å². The van der Waals surface area contributed by atoms with Gasteiger partial charge in [-0.15, -0.1) is 11.3 Å². The number of benzene rings is 7. The van der Waals surface area contributed by atoms with E-state index in [1.54, 1.807) is 0 Å². The Bertz CT molecular complexity index is 3240. The molecular formula is C52H38N2S. The number of allylic oxidation sites excluding steroid dienone is 1. The number of hydrogen-bond donors (Lipinski definition) is 0. The van der Waals surface area contributed by atoms with Crippen molar-refractivity contribution in [3.63, 3.8) is 0 Å². The van der Waals surface area contributed by atoms with Crippen molar-refractivity contribution in [2.45, 2.75) is 26.2 Å². The van der Waals surface area contributed by atoms with E-state index in [0.29, 0.717) is 0 Å². The summed E-state index contributed by atoms with van der Waals surface area (Å²) < 4.78 is 6.34. The van der Waals surface area contributed by atoms with Crippen LogP contribution in [0.4, 0.5) is 0 Å². The highest BCUT2D eigenvalue weighted by atomic mass is 32.1. The van der Waals surface area contributed by atoms with Gasteiger partial charge in [0.15, 0.2) is 0 Å². The standard InChI is InChI=1S/C52H38N2S/c1-5-16-44-36(6-2)40-31-33(27-30-45(40)55-44)32-25-28-35(29-26-32)54-42-23-14-11-20-38(42)47-49-46(37-19-10-13-22-41(37)52(49,3)4)50-48(51(47)54)39-21-12-15-24-43(39)53(50)34-17-8-7-9-18-34/h5-31H,2H2,1,3-4H3/b16-5-. The van der Waals surface area contributed by atoms with E-state index in [-0.39, 0.29) is 5.41 Å². The fourth-order valence-corrected chi connectivity index (χ4v) is 10.8. The van der Waals surface area contributed by atoms with Crippen LogP contribution < -0.4 is 0 Å². The summed E-state index contributed by atoms with van der Waals surface area (Å²) in [5.41, 5.74) is 16.2. The summed E-state index contributed by atoms with van der Waals surface area (Å²) in [7, 11) is 0. The zero-order chi connectivity index (χ0) is 37.0. The molecule has 1 aliphatic carbocycles. The highest BCUT2D eigenvalue weighted by Crippen LogP contribution is 2.58. The van der Waals surface area contributed by atoms with Gasteiger partial charge in [-0.1, -0.05) is 130 Å². The molecule has 0 fully saturated rings. The number of aromatic nitrogens is 2. The average Bonchev–Trinajstić information content (AvgIpc) is 3.93. The predicted octanol–water partition coefficient (Wildman–Crippen LogP) is 14.7. The van der Waals surface area contributed by atoms with Gasteiger partial charge >= 0.3 is 0 Å². The minimum absolute atomic E-state index is 0.216. The topological polar surface area (TPSA) is 9.86 Å². The molecule has 10 aromatic rings. The van der Waals surface area contributed by atoms with E-state index in [0.717, 1.165) is 5.69 Å². The summed E-state index contributed by atoms with van der Waals surface area (Å²) in [6, 6.07) is 54.1. The van der Waals surface area contributed by atoms with E-state index >= 15 is 0 Å². The average molecular weight is 723 g/mol. The molecule has 1 aliphatic rings. The molecule has 0 atom stereocenters. The van der Waals surface area contributed by atoms with Crippen molar-refractivity contribution in [2.75, 3.05) is 0 Å². The molecule has 55 heavy (non-hydrogen) atoms. The smallest absolute Gasteiger partial charge is 0.0644 e. The number of fused-ring (bicyclic) bond motifs is 13. The van der Waals surface area contributed by atoms with E-state index in [1.165, 1.54) is 103 Å². The third-order valence-corrected chi connectivity index (χ3v) is 13.1. The van der Waals surface area contributed by atoms with Crippen molar-refractivity contribution >= 4 is 77.2 Å². The lowest BCUT2D eigenvalue weighted by Crippen LogP contribution is -2.15. The Morgan fingerprint density at radius 3 is 1.95 bits per heavy atom. The van der Waals surface area contributed by atoms with Crippen LogP contribution in [0.5, 0.6) is 0 Å². The summed E-state index contributed by atoms with van der Waals surface area (Å²) >= 11 is 1.82. The van der Waals surface area contributed by atoms with Gasteiger partial charge in [-0.3, -0.25) is 0 Å². The molecular weight excluding hydrogens is 685 g/mol. The number of nitrogens with zero attached hydrogens (tertiary/aromatic N) is 2. The second-order valence-corrected chi connectivity index (χ2v) is 16.3. The van der Waals surface area contributed by atoms with Crippen LogP contribution in [0.25, 0.3) is 99.5 Å². The third kappa shape index (κ3) is 4.36. The Balaban J connectivity index is 1.25. The Morgan fingerprint density at radius 1 is 0.600 bits per heavy atom. The Kier molecular flexibility index (Phi) is 6.87. The first-order valence-corrected chi connectivity index (χ1v) is 19.9. The van der Waals surface area contributed by atoms with Crippen molar-refractivity contribution in [3.05, 3.63) is 180 Å². The van der Waals surface area contributed by atoms with Gasteiger partial charge < -0.3 is 9.13 Å². The molecule has 11 rings (SSSR count). The van der Waals surface area contributed by atoms with Gasteiger partial charge in [0.1, 0.15) is 0 Å². The van der Waals surface area contributed by atoms with Crippen LogP contribution in [0.2, 0.25) is 0 Å². The zero-order valence-electron chi connectivity index (χ0n) is 31.1. The molecule has 0 spiro atoms. The quantitative estimate of drug-likeness (QED) is 0.167. The van der Waals surface area contributed by atoms with Crippen LogP contribution in [0, 0.1) is 0 Å². The summed E-state index contributed by atoms with van der Waals surface area (Å²) in [6.07, 6.45) is 6.29. The maximum atomic E-state index is 4.16. The summed E-state index contributed by atoms with van der Waals surface area (Å²) in [6.45, 7) is 11.1. The molecule has 0 bridgehead atoms. The van der Waals surface area contributed by atoms with E-state index in [4.69, 9.17) is 0 Å². The molecule has 3 heteroatoms. The number of rotatable bonds is 5. The first-order valence-electron chi connectivity index (χ1n) is 19.1. The van der Waals surface area contributed by atoms with Crippen LogP contribution in [-0.4, -0.2) is 9.13 Å². The second kappa shape index (κ2) is 11.8. The van der Waals surface area contributed by atoms with E-state index in [9.17, 15) is 0 Å². The maximum Gasteiger partial charge on any atom is 0.0644 e. The minimum Gasteiger partial charge on any atom is -0.309 e. The fraction of sp³-hybridized carbons (Fsp3) is 0.0769. The molecule has 0 saturated carbocycles. The van der Waals surface area contributed by atoms with Gasteiger partial charge in [0.2, 0.25) is 0 Å². The lowest BCUT2D eigenvalue weighted by atomic mass is 9.80. The van der Waals surface area contributed by atoms with Gasteiger partial charge in [0, 0.05) is 58.9 Å². The highest BCUT2D eigenvalue weighted by Gasteiger charge is 2.41. The van der Waals surface area contributed by atoms with Crippen molar-refractivity contribution in [2.24, 2.45) is 0 Å². The highest BCUT2D eigenvalue weighted by molar-refractivity contribution is 7.20. The normalized spacial score (nSPS) is 13.5. The van der Waals surface area contributed by atoms with E-state index in [2.05, 4.69) is 194 Å². The summed E-state index contributed by atoms with van der Waals surface area (Å²) in [5.74, 6) is 0. The molecule has 0 amide bonds. The molecule has 7 aromatic carbocycles. The lowest BCUT2D eigenvalue weighted by Gasteiger charge is -2.23.